The molecule has 2 aromatic rings. The molecular formula is C17H15Cl2OTi. The van der Waals surface area contributed by atoms with Crippen molar-refractivity contribution in [1.29, 1.82) is 0 Å². The summed E-state index contributed by atoms with van der Waals surface area (Å²) >= 11 is 1.76. The first-order valence-electron chi connectivity index (χ1n) is 6.46. The molecule has 1 aliphatic carbocycles. The maximum Gasteiger partial charge on any atom is -1.00 e. The number of hydrogen-bond donors (Lipinski definition) is 0. The third-order valence-corrected chi connectivity index (χ3v) is 3.87. The average molecular weight is 354 g/mol. The minimum Gasteiger partial charge on any atom is -1.00 e. The number of benzene rings is 2. The molecule has 4 heteroatoms. The van der Waals surface area contributed by atoms with E-state index in [2.05, 4.69) is 55.5 Å². The Balaban J connectivity index is 0.00000110. The summed E-state index contributed by atoms with van der Waals surface area (Å²) in [7, 11) is 0. The van der Waals surface area contributed by atoms with E-state index in [9.17, 15) is 0 Å². The van der Waals surface area contributed by atoms with Gasteiger partial charge in [0.2, 0.25) is 0 Å². The summed E-state index contributed by atoms with van der Waals surface area (Å²) in [4.78, 5) is 0. The molecule has 0 unspecified atom stereocenters. The van der Waals surface area contributed by atoms with Gasteiger partial charge in [-0.25, -0.2) is 0 Å². The maximum atomic E-state index is 5.42. The predicted octanol–water partition coefficient (Wildman–Crippen LogP) is -1.44. The first kappa shape index (κ1) is 18.5. The molecule has 3 rings (SSSR count). The summed E-state index contributed by atoms with van der Waals surface area (Å²) in [5, 5.41) is 2.58. The first-order chi connectivity index (χ1) is 9.29. The summed E-state index contributed by atoms with van der Waals surface area (Å²) in [6, 6.07) is 13.0. The van der Waals surface area contributed by atoms with E-state index in [1.165, 1.54) is 33.0 Å². The molecule has 21 heavy (non-hydrogen) atoms. The molecule has 1 nitrogen and oxygen atoms in total. The van der Waals surface area contributed by atoms with Gasteiger partial charge in [-0.1, -0.05) is 0 Å². The Kier molecular flexibility index (Phi) is 7.19. The van der Waals surface area contributed by atoms with Gasteiger partial charge in [0.25, 0.3) is 0 Å². The van der Waals surface area contributed by atoms with Crippen molar-refractivity contribution < 1.29 is 49.0 Å². The number of halogens is 2. The van der Waals surface area contributed by atoms with Crippen molar-refractivity contribution in [2.75, 3.05) is 0 Å². The van der Waals surface area contributed by atoms with Crippen molar-refractivity contribution in [1.82, 2.24) is 0 Å². The molecule has 0 aromatic heterocycles. The Labute approximate surface area is 150 Å². The second-order valence-corrected chi connectivity index (χ2v) is 5.37. The molecule has 0 bridgehead atoms. The number of rotatable bonds is 3. The second kappa shape index (κ2) is 8.17. The van der Waals surface area contributed by atoms with Crippen molar-refractivity contribution in [2.24, 2.45) is 0 Å². The molecule has 0 saturated carbocycles. The van der Waals surface area contributed by atoms with E-state index in [1.807, 2.05) is 0 Å². The van der Waals surface area contributed by atoms with Crippen LogP contribution in [0.25, 0.3) is 16.3 Å². The van der Waals surface area contributed by atoms with Gasteiger partial charge in [-0.2, -0.15) is 0 Å². The summed E-state index contributed by atoms with van der Waals surface area (Å²) in [5.41, 5.74) is 5.38. The van der Waals surface area contributed by atoms with Crippen LogP contribution in [0.15, 0.2) is 54.1 Å². The van der Waals surface area contributed by atoms with Gasteiger partial charge in [0.05, 0.1) is 0 Å². The zero-order valence-electron chi connectivity index (χ0n) is 11.7. The van der Waals surface area contributed by atoms with Gasteiger partial charge < -0.3 is 24.8 Å². The van der Waals surface area contributed by atoms with Crippen LogP contribution in [0.4, 0.5) is 0 Å². The number of hydrogen-bond acceptors (Lipinski definition) is 1. The monoisotopic (exact) mass is 353 g/mol. The van der Waals surface area contributed by atoms with Crippen LogP contribution in [-0.4, -0.2) is 0 Å². The maximum absolute atomic E-state index is 5.42. The number of fused-ring (bicyclic) bond motifs is 1. The van der Waals surface area contributed by atoms with Gasteiger partial charge in [-0.15, -0.1) is 0 Å². The Hall–Kier alpha value is -0.566. The summed E-state index contributed by atoms with van der Waals surface area (Å²) in [6.45, 7) is 2.82. The molecular weight excluding hydrogens is 339 g/mol. The van der Waals surface area contributed by atoms with Crippen LogP contribution in [0.1, 0.15) is 24.5 Å². The van der Waals surface area contributed by atoms with Crippen molar-refractivity contribution in [3.05, 3.63) is 65.3 Å². The second-order valence-electron chi connectivity index (χ2n) is 4.92. The molecule has 0 spiro atoms. The molecule has 107 valence electrons. The van der Waals surface area contributed by atoms with E-state index in [1.54, 1.807) is 20.8 Å². The van der Waals surface area contributed by atoms with Crippen LogP contribution in [0.5, 0.6) is 0 Å². The quantitative estimate of drug-likeness (QED) is 0.614. The minimum absolute atomic E-state index is 0. The van der Waals surface area contributed by atoms with Crippen LogP contribution in [0, 0.1) is 0 Å². The van der Waals surface area contributed by atoms with E-state index >= 15 is 0 Å². The fraction of sp³-hybridized carbons (Fsp3) is 0.176. The van der Waals surface area contributed by atoms with Gasteiger partial charge in [-0.3, -0.25) is 0 Å². The molecule has 1 aliphatic rings. The van der Waals surface area contributed by atoms with Crippen LogP contribution in [-0.2, 0) is 30.7 Å². The molecule has 0 heterocycles. The molecule has 2 aromatic carbocycles. The predicted molar refractivity (Wildman–Crippen MR) is 75.1 cm³/mol. The summed E-state index contributed by atoms with van der Waals surface area (Å²) in [5.74, 6) is 0. The van der Waals surface area contributed by atoms with E-state index in [4.69, 9.17) is 3.32 Å². The van der Waals surface area contributed by atoms with E-state index in [-0.39, 0.29) is 24.8 Å². The third-order valence-electron chi connectivity index (χ3n) is 3.65. The van der Waals surface area contributed by atoms with Gasteiger partial charge >= 0.3 is 126 Å². The summed E-state index contributed by atoms with van der Waals surface area (Å²) in [6.07, 6.45) is 5.59. The smallest absolute Gasteiger partial charge is 1.00 e. The minimum atomic E-state index is 0. The number of allylic oxidation sites excluding steroid dienone is 4. The Bertz CT molecular complexity index is 692. The summed E-state index contributed by atoms with van der Waals surface area (Å²) < 4.78 is 5.42. The Morgan fingerprint density at radius 3 is 2.52 bits per heavy atom. The average Bonchev–Trinajstić information content (AvgIpc) is 2.86. The fourth-order valence-electron chi connectivity index (χ4n) is 2.72. The van der Waals surface area contributed by atoms with Crippen molar-refractivity contribution in [3.8, 4) is 0 Å². The zero-order valence-corrected chi connectivity index (χ0v) is 14.8. The molecule has 0 aliphatic heterocycles. The SMILES string of the molecule is CC1=CCC(c2ccc3ccccc3c2C[O][Ti+2])=C1.[Cl-].[Cl-]. The van der Waals surface area contributed by atoms with E-state index < -0.39 is 0 Å². The van der Waals surface area contributed by atoms with Crippen LogP contribution >= 0.6 is 0 Å². The van der Waals surface area contributed by atoms with Crippen LogP contribution < -0.4 is 24.8 Å². The van der Waals surface area contributed by atoms with Gasteiger partial charge in [0.1, 0.15) is 0 Å². The third kappa shape index (κ3) is 3.80. The Morgan fingerprint density at radius 2 is 1.86 bits per heavy atom. The molecule has 0 amide bonds. The van der Waals surface area contributed by atoms with Gasteiger partial charge in [0, 0.05) is 0 Å². The molecule has 0 N–H and O–H groups in total. The topological polar surface area (TPSA) is 9.23 Å². The fourth-order valence-corrected chi connectivity index (χ4v) is 2.94. The van der Waals surface area contributed by atoms with Crippen molar-refractivity contribution in [2.45, 2.75) is 20.0 Å². The van der Waals surface area contributed by atoms with Gasteiger partial charge in [0.15, 0.2) is 0 Å². The zero-order chi connectivity index (χ0) is 13.2. The molecule has 0 fully saturated rings. The normalized spacial score (nSPS) is 13.3. The van der Waals surface area contributed by atoms with Crippen LogP contribution in [0.3, 0.4) is 0 Å². The first-order valence-corrected chi connectivity index (χ1v) is 7.10. The van der Waals surface area contributed by atoms with Crippen molar-refractivity contribution >= 4 is 16.3 Å². The molecule has 0 radical (unpaired) electrons. The van der Waals surface area contributed by atoms with Crippen molar-refractivity contribution in [3.63, 3.8) is 0 Å². The van der Waals surface area contributed by atoms with E-state index in [0.717, 1.165) is 6.42 Å². The molecule has 0 atom stereocenters. The Morgan fingerprint density at radius 1 is 1.10 bits per heavy atom. The molecule has 0 saturated heterocycles. The standard InChI is InChI=1S/C17H15O.2ClH.Ti/c1-12-6-7-14(10-12)16-9-8-13-4-2-3-5-15(13)17(16)11-18;;;/h2-6,8-10H,7,11H2,1H3;2*1H;/q-1;;;+3/p-2. The van der Waals surface area contributed by atoms with Crippen LogP contribution in [0.2, 0.25) is 0 Å². The largest absolute Gasteiger partial charge is 1.00 e. The van der Waals surface area contributed by atoms with Gasteiger partial charge in [-0.05, 0) is 0 Å². The van der Waals surface area contributed by atoms with E-state index in [0.29, 0.717) is 6.61 Å².